The molecule has 4 rings (SSSR count). The van der Waals surface area contributed by atoms with E-state index in [1.807, 2.05) is 49.4 Å². The van der Waals surface area contributed by atoms with Crippen molar-refractivity contribution in [1.29, 1.82) is 0 Å². The number of rotatable bonds is 7. The first-order chi connectivity index (χ1) is 13.7. The summed E-state index contributed by atoms with van der Waals surface area (Å²) < 4.78 is 6.95. The second kappa shape index (κ2) is 8.35. The highest BCUT2D eigenvalue weighted by molar-refractivity contribution is 7.18. The number of nitrogens with one attached hydrogen (secondary N) is 1. The third-order valence-electron chi connectivity index (χ3n) is 4.45. The average Bonchev–Trinajstić information content (AvgIpc) is 3.33. The van der Waals surface area contributed by atoms with Crippen LogP contribution in [0.1, 0.15) is 22.9 Å². The van der Waals surface area contributed by atoms with E-state index in [1.165, 1.54) is 10.3 Å². The van der Waals surface area contributed by atoms with Crippen molar-refractivity contribution < 1.29 is 9.21 Å². The zero-order valence-corrected chi connectivity index (χ0v) is 16.5. The van der Waals surface area contributed by atoms with Gasteiger partial charge in [-0.2, -0.15) is 0 Å². The first-order valence-corrected chi connectivity index (χ1v) is 10.1. The SMILES string of the molecule is Cc1ccc(-c2cnc(CCC(=O)NCCc3nc4ccccc4s3)o2)cc1. The monoisotopic (exact) mass is 391 g/mol. The molecule has 4 aromatic rings. The summed E-state index contributed by atoms with van der Waals surface area (Å²) in [4.78, 5) is 21.0. The Morgan fingerprint density at radius 2 is 1.93 bits per heavy atom. The van der Waals surface area contributed by atoms with Crippen LogP contribution in [-0.2, 0) is 17.6 Å². The van der Waals surface area contributed by atoms with Gasteiger partial charge in [0.25, 0.3) is 0 Å². The molecule has 0 saturated heterocycles. The summed E-state index contributed by atoms with van der Waals surface area (Å²) in [6.45, 7) is 2.63. The maximum Gasteiger partial charge on any atom is 0.220 e. The van der Waals surface area contributed by atoms with E-state index in [2.05, 4.69) is 21.4 Å². The van der Waals surface area contributed by atoms with Crippen molar-refractivity contribution in [2.75, 3.05) is 6.54 Å². The van der Waals surface area contributed by atoms with Gasteiger partial charge < -0.3 is 9.73 Å². The molecule has 28 heavy (non-hydrogen) atoms. The molecule has 142 valence electrons. The molecular weight excluding hydrogens is 370 g/mol. The van der Waals surface area contributed by atoms with E-state index >= 15 is 0 Å². The van der Waals surface area contributed by atoms with E-state index in [9.17, 15) is 4.79 Å². The average molecular weight is 391 g/mol. The van der Waals surface area contributed by atoms with Crippen LogP contribution in [0.2, 0.25) is 0 Å². The Labute approximate surface area is 167 Å². The highest BCUT2D eigenvalue weighted by atomic mass is 32.1. The van der Waals surface area contributed by atoms with Crippen LogP contribution in [0.3, 0.4) is 0 Å². The Morgan fingerprint density at radius 3 is 2.75 bits per heavy atom. The van der Waals surface area contributed by atoms with Crippen LogP contribution in [-0.4, -0.2) is 22.4 Å². The van der Waals surface area contributed by atoms with Crippen LogP contribution in [0.25, 0.3) is 21.5 Å². The molecule has 0 atom stereocenters. The molecule has 1 N–H and O–H groups in total. The number of aryl methyl sites for hydroxylation is 2. The number of hydrogen-bond donors (Lipinski definition) is 1. The number of para-hydroxylation sites is 1. The second-order valence-corrected chi connectivity index (χ2v) is 7.77. The van der Waals surface area contributed by atoms with E-state index in [-0.39, 0.29) is 5.91 Å². The van der Waals surface area contributed by atoms with E-state index in [0.717, 1.165) is 28.3 Å². The number of thiazole rings is 1. The number of nitrogens with zero attached hydrogens (tertiary/aromatic N) is 2. The van der Waals surface area contributed by atoms with Gasteiger partial charge in [0.05, 0.1) is 21.4 Å². The Morgan fingerprint density at radius 1 is 1.11 bits per heavy atom. The molecule has 0 unspecified atom stereocenters. The van der Waals surface area contributed by atoms with Gasteiger partial charge in [0, 0.05) is 31.4 Å². The lowest BCUT2D eigenvalue weighted by molar-refractivity contribution is -0.121. The van der Waals surface area contributed by atoms with Gasteiger partial charge in [-0.3, -0.25) is 4.79 Å². The van der Waals surface area contributed by atoms with Crippen molar-refractivity contribution in [1.82, 2.24) is 15.3 Å². The highest BCUT2D eigenvalue weighted by Gasteiger charge is 2.09. The number of hydrogen-bond acceptors (Lipinski definition) is 5. The van der Waals surface area contributed by atoms with Gasteiger partial charge in [0.1, 0.15) is 0 Å². The summed E-state index contributed by atoms with van der Waals surface area (Å²) in [5.74, 6) is 1.30. The van der Waals surface area contributed by atoms with Gasteiger partial charge >= 0.3 is 0 Å². The molecule has 5 nitrogen and oxygen atoms in total. The normalized spacial score (nSPS) is 11.0. The van der Waals surface area contributed by atoms with Crippen LogP contribution in [0.15, 0.2) is 59.1 Å². The third-order valence-corrected chi connectivity index (χ3v) is 5.55. The minimum Gasteiger partial charge on any atom is -0.441 e. The summed E-state index contributed by atoms with van der Waals surface area (Å²) >= 11 is 1.67. The van der Waals surface area contributed by atoms with Crippen LogP contribution in [0.4, 0.5) is 0 Å². The molecule has 2 heterocycles. The zero-order valence-electron chi connectivity index (χ0n) is 15.6. The molecule has 0 aliphatic carbocycles. The third kappa shape index (κ3) is 4.46. The molecule has 0 bridgehead atoms. The van der Waals surface area contributed by atoms with E-state index in [0.29, 0.717) is 25.3 Å². The summed E-state index contributed by atoms with van der Waals surface area (Å²) in [6, 6.07) is 16.2. The fourth-order valence-electron chi connectivity index (χ4n) is 2.92. The minimum atomic E-state index is -0.00352. The van der Waals surface area contributed by atoms with Crippen LogP contribution in [0.5, 0.6) is 0 Å². The number of carbonyl (C=O) groups is 1. The molecule has 0 aliphatic rings. The van der Waals surface area contributed by atoms with Gasteiger partial charge in [-0.1, -0.05) is 42.0 Å². The maximum absolute atomic E-state index is 12.1. The Bertz CT molecular complexity index is 1050. The molecule has 2 aromatic carbocycles. The number of aromatic nitrogens is 2. The minimum absolute atomic E-state index is 0.00352. The van der Waals surface area contributed by atoms with Crippen molar-refractivity contribution in [3.63, 3.8) is 0 Å². The van der Waals surface area contributed by atoms with Gasteiger partial charge in [0.2, 0.25) is 5.91 Å². The van der Waals surface area contributed by atoms with Crippen LogP contribution >= 0.6 is 11.3 Å². The van der Waals surface area contributed by atoms with Crippen molar-refractivity contribution in [3.8, 4) is 11.3 Å². The van der Waals surface area contributed by atoms with Gasteiger partial charge in [-0.05, 0) is 19.1 Å². The van der Waals surface area contributed by atoms with Crippen LogP contribution < -0.4 is 5.32 Å². The predicted octanol–water partition coefficient (Wildman–Crippen LogP) is 4.55. The lowest BCUT2D eigenvalue weighted by Crippen LogP contribution is -2.25. The smallest absolute Gasteiger partial charge is 0.220 e. The van der Waals surface area contributed by atoms with E-state index < -0.39 is 0 Å². The number of amides is 1. The molecule has 0 aliphatic heterocycles. The lowest BCUT2D eigenvalue weighted by Gasteiger charge is -2.02. The Kier molecular flexibility index (Phi) is 5.48. The topological polar surface area (TPSA) is 68.0 Å². The van der Waals surface area contributed by atoms with Crippen molar-refractivity contribution >= 4 is 27.5 Å². The van der Waals surface area contributed by atoms with E-state index in [1.54, 1.807) is 17.5 Å². The van der Waals surface area contributed by atoms with Crippen molar-refractivity contribution in [2.24, 2.45) is 0 Å². The molecular formula is C22H21N3O2S. The zero-order chi connectivity index (χ0) is 19.3. The number of carbonyl (C=O) groups excluding carboxylic acids is 1. The first-order valence-electron chi connectivity index (χ1n) is 9.30. The molecule has 0 fully saturated rings. The Hall–Kier alpha value is -2.99. The molecule has 1 amide bonds. The lowest BCUT2D eigenvalue weighted by atomic mass is 10.1. The molecule has 0 spiro atoms. The van der Waals surface area contributed by atoms with Crippen molar-refractivity contribution in [2.45, 2.75) is 26.2 Å². The molecule has 6 heteroatoms. The predicted molar refractivity (Wildman–Crippen MR) is 111 cm³/mol. The number of fused-ring (bicyclic) bond motifs is 1. The van der Waals surface area contributed by atoms with Crippen molar-refractivity contribution in [3.05, 3.63) is 71.2 Å². The largest absolute Gasteiger partial charge is 0.441 e. The van der Waals surface area contributed by atoms with Crippen LogP contribution in [0, 0.1) is 6.92 Å². The summed E-state index contributed by atoms with van der Waals surface area (Å²) in [7, 11) is 0. The first kappa shape index (κ1) is 18.4. The summed E-state index contributed by atoms with van der Waals surface area (Å²) in [5.41, 5.74) is 3.21. The highest BCUT2D eigenvalue weighted by Crippen LogP contribution is 2.22. The maximum atomic E-state index is 12.1. The second-order valence-electron chi connectivity index (χ2n) is 6.66. The standard InChI is InChI=1S/C22H21N3O2S/c1-15-6-8-16(9-7-15)18-14-24-21(27-18)11-10-20(26)23-13-12-22-25-17-4-2-3-5-19(17)28-22/h2-9,14H,10-13H2,1H3,(H,23,26). The quantitative estimate of drug-likeness (QED) is 0.502. The van der Waals surface area contributed by atoms with Gasteiger partial charge in [0.15, 0.2) is 11.7 Å². The number of oxazole rings is 1. The van der Waals surface area contributed by atoms with E-state index in [4.69, 9.17) is 4.42 Å². The fourth-order valence-corrected chi connectivity index (χ4v) is 3.89. The molecule has 0 saturated carbocycles. The molecule has 2 aromatic heterocycles. The Balaban J connectivity index is 1.24. The van der Waals surface area contributed by atoms with Gasteiger partial charge in [-0.15, -0.1) is 11.3 Å². The molecule has 0 radical (unpaired) electrons. The van der Waals surface area contributed by atoms with Gasteiger partial charge in [-0.25, -0.2) is 9.97 Å². The number of benzene rings is 2. The summed E-state index contributed by atoms with van der Waals surface area (Å²) in [6.07, 6.45) is 3.29. The fraction of sp³-hybridized carbons (Fsp3) is 0.227. The summed E-state index contributed by atoms with van der Waals surface area (Å²) in [5, 5.41) is 3.99.